The van der Waals surface area contributed by atoms with Gasteiger partial charge in [0.15, 0.2) is 0 Å². The van der Waals surface area contributed by atoms with Gasteiger partial charge in [-0.1, -0.05) is 46.6 Å². The molecule has 4 aromatic rings. The van der Waals surface area contributed by atoms with Crippen LogP contribution in [-0.4, -0.2) is 28.5 Å². The molecule has 1 N–H and O–H groups in total. The van der Waals surface area contributed by atoms with Crippen LogP contribution in [0, 0.1) is 13.8 Å². The van der Waals surface area contributed by atoms with Gasteiger partial charge in [-0.15, -0.1) is 0 Å². The van der Waals surface area contributed by atoms with Crippen molar-refractivity contribution in [2.75, 3.05) is 16.8 Å². The molecule has 0 bridgehead atoms. The Morgan fingerprint density at radius 1 is 1.12 bits per heavy atom. The normalized spacial score (nSPS) is 13.7. The van der Waals surface area contributed by atoms with Crippen molar-refractivity contribution in [3.05, 3.63) is 70.4 Å². The van der Waals surface area contributed by atoms with Crippen LogP contribution in [-0.2, 0) is 4.79 Å². The summed E-state index contributed by atoms with van der Waals surface area (Å²) in [6.45, 7) is 4.42. The van der Waals surface area contributed by atoms with E-state index in [1.54, 1.807) is 36.1 Å². The third kappa shape index (κ3) is 3.96. The van der Waals surface area contributed by atoms with Gasteiger partial charge in [0.1, 0.15) is 0 Å². The summed E-state index contributed by atoms with van der Waals surface area (Å²) in [6, 6.07) is 14.8. The molecule has 166 valence electrons. The highest BCUT2D eigenvalue weighted by Crippen LogP contribution is 2.32. The lowest BCUT2D eigenvalue weighted by atomic mass is 10.0. The second-order valence-electron chi connectivity index (χ2n) is 8.14. The van der Waals surface area contributed by atoms with E-state index in [0.717, 1.165) is 17.5 Å². The molecule has 2 aromatic carbocycles. The highest BCUT2D eigenvalue weighted by atomic mass is 35.5. The summed E-state index contributed by atoms with van der Waals surface area (Å²) in [5.41, 5.74) is 4.96. The molecule has 2 amide bonds. The Hall–Kier alpha value is -3.71. The lowest BCUT2D eigenvalue weighted by Gasteiger charge is -2.18. The molecule has 33 heavy (non-hydrogen) atoms. The monoisotopic (exact) mass is 460 g/mol. The SMILES string of the molecule is Cc1ccc(-c2cc(C(=O)Nc3cc(N4CCCC4=O)ccc3Cl)c3c(C)noc3n2)cc1. The highest BCUT2D eigenvalue weighted by Gasteiger charge is 2.24. The summed E-state index contributed by atoms with van der Waals surface area (Å²) in [5.74, 6) is -0.304. The van der Waals surface area contributed by atoms with Crippen LogP contribution in [0.4, 0.5) is 11.4 Å². The van der Waals surface area contributed by atoms with E-state index in [1.807, 2.05) is 31.2 Å². The predicted octanol–water partition coefficient (Wildman–Crippen LogP) is 5.54. The molecule has 0 unspecified atom stereocenters. The number of aryl methyl sites for hydroxylation is 2. The van der Waals surface area contributed by atoms with E-state index < -0.39 is 0 Å². The van der Waals surface area contributed by atoms with Crippen molar-refractivity contribution in [1.82, 2.24) is 10.1 Å². The number of rotatable bonds is 4. The zero-order chi connectivity index (χ0) is 23.1. The summed E-state index contributed by atoms with van der Waals surface area (Å²) in [7, 11) is 0. The number of benzene rings is 2. The third-order valence-electron chi connectivity index (χ3n) is 5.79. The Bertz CT molecular complexity index is 1400. The van der Waals surface area contributed by atoms with E-state index in [-0.39, 0.29) is 11.8 Å². The second kappa shape index (κ2) is 8.33. The average molecular weight is 461 g/mol. The third-order valence-corrected chi connectivity index (χ3v) is 6.12. The predicted molar refractivity (Wildman–Crippen MR) is 128 cm³/mol. The number of carbonyl (C=O) groups excluding carboxylic acids is 2. The van der Waals surface area contributed by atoms with E-state index in [2.05, 4.69) is 15.5 Å². The first kappa shape index (κ1) is 21.2. The molecule has 7 nitrogen and oxygen atoms in total. The van der Waals surface area contributed by atoms with Gasteiger partial charge in [-0.2, -0.15) is 0 Å². The fourth-order valence-corrected chi connectivity index (χ4v) is 4.20. The van der Waals surface area contributed by atoms with Gasteiger partial charge >= 0.3 is 0 Å². The Morgan fingerprint density at radius 2 is 1.91 bits per heavy atom. The van der Waals surface area contributed by atoms with Crippen molar-refractivity contribution in [2.24, 2.45) is 0 Å². The average Bonchev–Trinajstić information content (AvgIpc) is 3.40. The van der Waals surface area contributed by atoms with Gasteiger partial charge in [-0.3, -0.25) is 9.59 Å². The van der Waals surface area contributed by atoms with Crippen LogP contribution in [0.25, 0.3) is 22.4 Å². The molecule has 2 aromatic heterocycles. The smallest absolute Gasteiger partial charge is 0.259 e. The van der Waals surface area contributed by atoms with Gasteiger partial charge in [0.2, 0.25) is 5.91 Å². The van der Waals surface area contributed by atoms with Crippen molar-refractivity contribution >= 4 is 45.9 Å². The van der Waals surface area contributed by atoms with Crippen LogP contribution in [0.2, 0.25) is 5.02 Å². The zero-order valence-electron chi connectivity index (χ0n) is 18.2. The molecule has 0 atom stereocenters. The van der Waals surface area contributed by atoms with Crippen LogP contribution >= 0.6 is 11.6 Å². The van der Waals surface area contributed by atoms with E-state index in [4.69, 9.17) is 16.1 Å². The first-order valence-corrected chi connectivity index (χ1v) is 11.0. The first-order chi connectivity index (χ1) is 15.9. The molecule has 0 radical (unpaired) electrons. The molecule has 0 aliphatic carbocycles. The number of halogens is 1. The molecule has 1 aliphatic heterocycles. The number of aromatic nitrogens is 2. The van der Waals surface area contributed by atoms with E-state index in [1.165, 1.54) is 0 Å². The van der Waals surface area contributed by atoms with Crippen molar-refractivity contribution in [3.63, 3.8) is 0 Å². The lowest BCUT2D eigenvalue weighted by Crippen LogP contribution is -2.24. The van der Waals surface area contributed by atoms with E-state index in [9.17, 15) is 9.59 Å². The Labute approximate surface area is 195 Å². The fourth-order valence-electron chi connectivity index (χ4n) is 4.03. The molecule has 0 saturated carbocycles. The quantitative estimate of drug-likeness (QED) is 0.432. The Kier molecular flexibility index (Phi) is 5.34. The molecular weight excluding hydrogens is 440 g/mol. The van der Waals surface area contributed by atoms with Crippen LogP contribution in [0.1, 0.15) is 34.5 Å². The zero-order valence-corrected chi connectivity index (χ0v) is 18.9. The fraction of sp³-hybridized carbons (Fsp3) is 0.200. The van der Waals surface area contributed by atoms with Crippen LogP contribution < -0.4 is 10.2 Å². The number of nitrogens with one attached hydrogen (secondary N) is 1. The van der Waals surface area contributed by atoms with Gasteiger partial charge in [0.05, 0.1) is 33.0 Å². The largest absolute Gasteiger partial charge is 0.335 e. The number of fused-ring (bicyclic) bond motifs is 1. The van der Waals surface area contributed by atoms with Crippen molar-refractivity contribution in [2.45, 2.75) is 26.7 Å². The van der Waals surface area contributed by atoms with Crippen molar-refractivity contribution in [1.29, 1.82) is 0 Å². The molecule has 8 heteroatoms. The topological polar surface area (TPSA) is 88.3 Å². The summed E-state index contributed by atoms with van der Waals surface area (Å²) < 4.78 is 5.39. The molecule has 1 aliphatic rings. The number of hydrogen-bond acceptors (Lipinski definition) is 5. The maximum Gasteiger partial charge on any atom is 0.259 e. The van der Waals surface area contributed by atoms with Gasteiger partial charge < -0.3 is 14.7 Å². The lowest BCUT2D eigenvalue weighted by molar-refractivity contribution is -0.117. The van der Waals surface area contributed by atoms with Crippen LogP contribution in [0.5, 0.6) is 0 Å². The minimum absolute atomic E-state index is 0.0632. The Morgan fingerprint density at radius 3 is 2.64 bits per heavy atom. The maximum atomic E-state index is 13.4. The number of carbonyl (C=O) groups is 2. The molecule has 5 rings (SSSR count). The van der Waals surface area contributed by atoms with Crippen LogP contribution in [0.15, 0.2) is 53.1 Å². The first-order valence-electron chi connectivity index (χ1n) is 10.7. The number of anilines is 2. The second-order valence-corrected chi connectivity index (χ2v) is 8.54. The minimum Gasteiger partial charge on any atom is -0.335 e. The van der Waals surface area contributed by atoms with E-state index >= 15 is 0 Å². The highest BCUT2D eigenvalue weighted by molar-refractivity contribution is 6.34. The minimum atomic E-state index is -0.367. The summed E-state index contributed by atoms with van der Waals surface area (Å²) in [4.78, 5) is 31.8. The van der Waals surface area contributed by atoms with E-state index in [0.29, 0.717) is 57.4 Å². The van der Waals surface area contributed by atoms with Gasteiger partial charge in [0.25, 0.3) is 11.6 Å². The summed E-state index contributed by atoms with van der Waals surface area (Å²) >= 11 is 6.38. The maximum absolute atomic E-state index is 13.4. The van der Waals surface area contributed by atoms with Gasteiger partial charge in [-0.25, -0.2) is 4.98 Å². The molecule has 3 heterocycles. The van der Waals surface area contributed by atoms with Crippen molar-refractivity contribution < 1.29 is 14.1 Å². The number of nitrogens with zero attached hydrogens (tertiary/aromatic N) is 3. The van der Waals surface area contributed by atoms with Gasteiger partial charge in [-0.05, 0) is 44.5 Å². The van der Waals surface area contributed by atoms with Crippen LogP contribution in [0.3, 0.4) is 0 Å². The molecule has 1 saturated heterocycles. The number of pyridine rings is 1. The number of amides is 2. The van der Waals surface area contributed by atoms with Gasteiger partial charge in [0, 0.05) is 24.2 Å². The summed E-state index contributed by atoms with van der Waals surface area (Å²) in [6.07, 6.45) is 1.33. The van der Waals surface area contributed by atoms with Crippen molar-refractivity contribution in [3.8, 4) is 11.3 Å². The molecular formula is C25H21ClN4O3. The number of hydrogen-bond donors (Lipinski definition) is 1. The standard InChI is InChI=1S/C25H21ClN4O3/c1-14-5-7-16(8-6-14)20-13-18(23-15(2)29-33-25(23)28-20)24(32)27-21-12-17(9-10-19(21)26)30-11-3-4-22(30)31/h5-10,12-13H,3-4,11H2,1-2H3,(H,27,32). The molecule has 1 fully saturated rings. The summed E-state index contributed by atoms with van der Waals surface area (Å²) in [5, 5.41) is 7.82. The Balaban J connectivity index is 1.54. The molecule has 0 spiro atoms.